The van der Waals surface area contributed by atoms with Crippen molar-refractivity contribution < 1.29 is 9.59 Å². The monoisotopic (exact) mass is 433 g/mol. The normalized spacial score (nSPS) is 14.5. The maximum atomic E-state index is 12.4. The second kappa shape index (κ2) is 10.4. The van der Waals surface area contributed by atoms with E-state index in [-0.39, 0.29) is 6.04 Å². The van der Waals surface area contributed by atoms with Gasteiger partial charge in [-0.1, -0.05) is 54.6 Å². The van der Waals surface area contributed by atoms with Crippen LogP contribution < -0.4 is 10.6 Å². The predicted molar refractivity (Wildman–Crippen MR) is 124 cm³/mol. The van der Waals surface area contributed by atoms with Crippen LogP contribution in [0.25, 0.3) is 0 Å². The zero-order valence-corrected chi connectivity index (χ0v) is 18.2. The van der Waals surface area contributed by atoms with E-state index in [2.05, 4.69) is 56.6 Å². The summed E-state index contributed by atoms with van der Waals surface area (Å²) in [4.78, 5) is 27.0. The minimum atomic E-state index is -0.580. The first-order valence-corrected chi connectivity index (χ1v) is 11.6. The van der Waals surface area contributed by atoms with Crippen molar-refractivity contribution >= 4 is 23.2 Å². The number of thiophene rings is 1. The van der Waals surface area contributed by atoms with Crippen LogP contribution in [0.3, 0.4) is 0 Å². The zero-order chi connectivity index (χ0) is 21.5. The molecule has 160 valence electrons. The van der Waals surface area contributed by atoms with Gasteiger partial charge in [0.15, 0.2) is 0 Å². The molecule has 0 saturated carbocycles. The number of benzene rings is 2. The number of hydrogen-bond acceptors (Lipinski definition) is 4. The SMILES string of the molecule is O=C(NCCc1ccccc1)C(=O)NCC(c1ccsc1)N1CCc2ccccc2C1. The molecule has 2 amide bonds. The Hall–Kier alpha value is -2.96. The van der Waals surface area contributed by atoms with Crippen molar-refractivity contribution in [2.24, 2.45) is 0 Å². The van der Waals surface area contributed by atoms with Crippen molar-refractivity contribution in [3.8, 4) is 0 Å². The van der Waals surface area contributed by atoms with Crippen LogP contribution in [0.5, 0.6) is 0 Å². The highest BCUT2D eigenvalue weighted by Crippen LogP contribution is 2.28. The van der Waals surface area contributed by atoms with E-state index in [1.54, 1.807) is 11.3 Å². The van der Waals surface area contributed by atoms with Gasteiger partial charge in [-0.3, -0.25) is 14.5 Å². The Kier molecular flexibility index (Phi) is 7.12. The van der Waals surface area contributed by atoms with Gasteiger partial charge in [0.05, 0.1) is 6.04 Å². The number of carbonyl (C=O) groups is 2. The average Bonchev–Trinajstić information content (AvgIpc) is 3.34. The Bertz CT molecular complexity index is 1000. The summed E-state index contributed by atoms with van der Waals surface area (Å²) in [6.45, 7) is 2.61. The molecular formula is C25H27N3O2S. The van der Waals surface area contributed by atoms with Gasteiger partial charge in [-0.2, -0.15) is 11.3 Å². The third-order valence-corrected chi connectivity index (χ3v) is 6.43. The molecule has 5 nitrogen and oxygen atoms in total. The highest BCUT2D eigenvalue weighted by Gasteiger charge is 2.26. The van der Waals surface area contributed by atoms with E-state index in [1.807, 2.05) is 30.3 Å². The molecule has 2 heterocycles. The first-order valence-electron chi connectivity index (χ1n) is 10.6. The van der Waals surface area contributed by atoms with E-state index < -0.39 is 11.8 Å². The topological polar surface area (TPSA) is 61.4 Å². The van der Waals surface area contributed by atoms with Crippen LogP contribution in [0.1, 0.15) is 28.3 Å². The zero-order valence-electron chi connectivity index (χ0n) is 17.4. The van der Waals surface area contributed by atoms with Gasteiger partial charge < -0.3 is 10.6 Å². The minimum Gasteiger partial charge on any atom is -0.348 e. The summed E-state index contributed by atoms with van der Waals surface area (Å²) in [5.74, 6) is -1.16. The van der Waals surface area contributed by atoms with Crippen LogP contribution in [0.15, 0.2) is 71.4 Å². The molecule has 2 aromatic carbocycles. The van der Waals surface area contributed by atoms with E-state index in [0.29, 0.717) is 19.5 Å². The number of nitrogens with zero attached hydrogens (tertiary/aromatic N) is 1. The van der Waals surface area contributed by atoms with E-state index in [4.69, 9.17) is 0 Å². The molecule has 3 aromatic rings. The molecule has 0 aliphatic carbocycles. The molecule has 1 aliphatic heterocycles. The van der Waals surface area contributed by atoms with Crippen molar-refractivity contribution in [3.05, 3.63) is 93.7 Å². The minimum absolute atomic E-state index is 0.0423. The number of carbonyl (C=O) groups excluding carboxylic acids is 2. The summed E-state index contributed by atoms with van der Waals surface area (Å²) in [5.41, 5.74) is 5.03. The predicted octanol–water partition coefficient (Wildman–Crippen LogP) is 3.32. The van der Waals surface area contributed by atoms with Gasteiger partial charge in [0.2, 0.25) is 0 Å². The number of hydrogen-bond donors (Lipinski definition) is 2. The van der Waals surface area contributed by atoms with E-state index >= 15 is 0 Å². The fourth-order valence-corrected chi connectivity index (χ4v) is 4.73. The Balaban J connectivity index is 1.32. The quantitative estimate of drug-likeness (QED) is 0.562. The fourth-order valence-electron chi connectivity index (χ4n) is 4.02. The van der Waals surface area contributed by atoms with E-state index in [9.17, 15) is 9.59 Å². The maximum absolute atomic E-state index is 12.4. The van der Waals surface area contributed by atoms with Gasteiger partial charge >= 0.3 is 11.8 Å². The van der Waals surface area contributed by atoms with Crippen molar-refractivity contribution in [2.75, 3.05) is 19.6 Å². The molecule has 1 aromatic heterocycles. The Morgan fingerprint density at radius 1 is 0.935 bits per heavy atom. The summed E-state index contributed by atoms with van der Waals surface area (Å²) >= 11 is 1.65. The molecule has 0 saturated heterocycles. The number of amides is 2. The second-order valence-corrected chi connectivity index (χ2v) is 8.54. The average molecular weight is 434 g/mol. The number of rotatable bonds is 7. The van der Waals surface area contributed by atoms with Gasteiger partial charge in [0.1, 0.15) is 0 Å². The molecule has 0 radical (unpaired) electrons. The molecule has 6 heteroatoms. The lowest BCUT2D eigenvalue weighted by atomic mass is 9.97. The summed E-state index contributed by atoms with van der Waals surface area (Å²) in [6.07, 6.45) is 1.69. The fraction of sp³-hybridized carbons (Fsp3) is 0.280. The van der Waals surface area contributed by atoms with Crippen molar-refractivity contribution in [2.45, 2.75) is 25.4 Å². The van der Waals surface area contributed by atoms with Gasteiger partial charge in [-0.25, -0.2) is 0 Å². The van der Waals surface area contributed by atoms with Crippen molar-refractivity contribution in [3.63, 3.8) is 0 Å². The lowest BCUT2D eigenvalue weighted by molar-refractivity contribution is -0.139. The van der Waals surface area contributed by atoms with Crippen LogP contribution in [0.4, 0.5) is 0 Å². The molecule has 2 N–H and O–H groups in total. The molecule has 4 rings (SSSR count). The number of nitrogens with one attached hydrogen (secondary N) is 2. The summed E-state index contributed by atoms with van der Waals surface area (Å²) < 4.78 is 0. The van der Waals surface area contributed by atoms with Crippen molar-refractivity contribution in [1.29, 1.82) is 0 Å². The molecule has 31 heavy (non-hydrogen) atoms. The highest BCUT2D eigenvalue weighted by molar-refractivity contribution is 7.08. The Labute approximate surface area is 187 Å². The largest absolute Gasteiger partial charge is 0.348 e. The molecule has 1 atom stereocenters. The third-order valence-electron chi connectivity index (χ3n) is 5.73. The van der Waals surface area contributed by atoms with Crippen LogP contribution in [-0.2, 0) is 29.0 Å². The van der Waals surface area contributed by atoms with Gasteiger partial charge in [0.25, 0.3) is 0 Å². The van der Waals surface area contributed by atoms with Crippen molar-refractivity contribution in [1.82, 2.24) is 15.5 Å². The van der Waals surface area contributed by atoms with E-state index in [0.717, 1.165) is 25.1 Å². The molecule has 0 bridgehead atoms. The van der Waals surface area contributed by atoms with Crippen LogP contribution in [0, 0.1) is 0 Å². The van der Waals surface area contributed by atoms with E-state index in [1.165, 1.54) is 16.7 Å². The summed E-state index contributed by atoms with van der Waals surface area (Å²) in [5, 5.41) is 9.75. The second-order valence-electron chi connectivity index (χ2n) is 7.76. The molecule has 1 aliphatic rings. The standard InChI is InChI=1S/C25H27N3O2S/c29-24(26-13-10-19-6-2-1-3-7-19)25(30)27-16-23(22-12-15-31-18-22)28-14-11-20-8-4-5-9-21(20)17-28/h1-9,12,15,18,23H,10-11,13-14,16-17H2,(H,26,29)(H,27,30). The van der Waals surface area contributed by atoms with Gasteiger partial charge in [-0.05, 0) is 51.9 Å². The summed E-state index contributed by atoms with van der Waals surface area (Å²) in [7, 11) is 0. The molecule has 1 unspecified atom stereocenters. The maximum Gasteiger partial charge on any atom is 0.309 e. The first-order chi connectivity index (χ1) is 15.2. The highest BCUT2D eigenvalue weighted by atomic mass is 32.1. The van der Waals surface area contributed by atoms with Gasteiger partial charge in [0, 0.05) is 26.2 Å². The first kappa shape index (κ1) is 21.3. The molecule has 0 spiro atoms. The molecular weight excluding hydrogens is 406 g/mol. The molecule has 0 fully saturated rings. The third kappa shape index (κ3) is 5.60. The lowest BCUT2D eigenvalue weighted by Gasteiger charge is -2.35. The number of fused-ring (bicyclic) bond motifs is 1. The van der Waals surface area contributed by atoms with Crippen LogP contribution in [0.2, 0.25) is 0 Å². The van der Waals surface area contributed by atoms with Crippen LogP contribution in [-0.4, -0.2) is 36.3 Å². The Morgan fingerprint density at radius 2 is 1.68 bits per heavy atom. The summed E-state index contributed by atoms with van der Waals surface area (Å²) in [6, 6.07) is 20.6. The van der Waals surface area contributed by atoms with Gasteiger partial charge in [-0.15, -0.1) is 0 Å². The van der Waals surface area contributed by atoms with Crippen LogP contribution >= 0.6 is 11.3 Å². The Morgan fingerprint density at radius 3 is 2.45 bits per heavy atom. The lowest BCUT2D eigenvalue weighted by Crippen LogP contribution is -2.45. The smallest absolute Gasteiger partial charge is 0.309 e.